The summed E-state index contributed by atoms with van der Waals surface area (Å²) < 4.78 is 8.82. The summed E-state index contributed by atoms with van der Waals surface area (Å²) >= 11 is 0. The Hall–Kier alpha value is -3.94. The van der Waals surface area contributed by atoms with Gasteiger partial charge in [0.2, 0.25) is 0 Å². The number of ether oxygens (including phenoxy) is 1. The molecular formula is C26H27N5O3. The molecule has 174 valence electrons. The molecule has 3 heterocycles. The maximum absolute atomic E-state index is 12.9. The van der Waals surface area contributed by atoms with E-state index in [1.165, 1.54) is 10.1 Å². The van der Waals surface area contributed by atoms with Gasteiger partial charge in [-0.2, -0.15) is 0 Å². The molecule has 0 aliphatic carbocycles. The van der Waals surface area contributed by atoms with E-state index in [0.717, 1.165) is 35.6 Å². The summed E-state index contributed by atoms with van der Waals surface area (Å²) in [6, 6.07) is 15.7. The monoisotopic (exact) mass is 457 g/mol. The predicted octanol–water partition coefficient (Wildman–Crippen LogP) is 4.08. The Morgan fingerprint density at radius 2 is 1.71 bits per heavy atom. The Kier molecular flexibility index (Phi) is 5.88. The smallest absolute Gasteiger partial charge is 0.332 e. The van der Waals surface area contributed by atoms with E-state index in [1.807, 2.05) is 56.3 Å². The van der Waals surface area contributed by atoms with Gasteiger partial charge in [0.25, 0.3) is 5.56 Å². The van der Waals surface area contributed by atoms with Gasteiger partial charge in [0.1, 0.15) is 23.7 Å². The summed E-state index contributed by atoms with van der Waals surface area (Å²) in [6.45, 7) is 5.26. The number of hydrogen-bond acceptors (Lipinski definition) is 5. The summed E-state index contributed by atoms with van der Waals surface area (Å²) in [6.07, 6.45) is 2.28. The zero-order valence-electron chi connectivity index (χ0n) is 19.4. The lowest BCUT2D eigenvalue weighted by molar-refractivity contribution is 0.375. The van der Waals surface area contributed by atoms with Gasteiger partial charge in [0.05, 0.1) is 11.4 Å². The van der Waals surface area contributed by atoms with Crippen molar-refractivity contribution >= 4 is 22.6 Å². The molecule has 4 aromatic rings. The number of benzene rings is 2. The molecule has 0 atom stereocenters. The summed E-state index contributed by atoms with van der Waals surface area (Å²) in [5, 5.41) is 0. The van der Waals surface area contributed by atoms with Crippen LogP contribution in [-0.4, -0.2) is 31.4 Å². The topological polar surface area (TPSA) is 94.3 Å². The molecule has 0 radical (unpaired) electrons. The van der Waals surface area contributed by atoms with Crippen molar-refractivity contribution in [3.8, 4) is 17.1 Å². The van der Waals surface area contributed by atoms with E-state index in [1.54, 1.807) is 4.57 Å². The van der Waals surface area contributed by atoms with Crippen LogP contribution in [0.3, 0.4) is 0 Å². The lowest BCUT2D eigenvalue weighted by Gasteiger charge is -2.09. The third-order valence-electron chi connectivity index (χ3n) is 5.95. The number of aromatic amines is 1. The number of H-pyrrole nitrogens is 1. The lowest BCUT2D eigenvalue weighted by Crippen LogP contribution is -2.40. The van der Waals surface area contributed by atoms with Gasteiger partial charge in [0, 0.05) is 25.1 Å². The van der Waals surface area contributed by atoms with Crippen LogP contribution in [0.4, 0.5) is 5.69 Å². The number of nitrogens with zero attached hydrogens (tertiary/aromatic N) is 4. The molecule has 34 heavy (non-hydrogen) atoms. The molecule has 1 aliphatic heterocycles. The molecule has 2 aromatic heterocycles. The number of aryl methyl sites for hydroxylation is 1. The normalized spacial score (nSPS) is 12.7. The van der Waals surface area contributed by atoms with E-state index in [-0.39, 0.29) is 11.2 Å². The molecule has 5 rings (SSSR count). The van der Waals surface area contributed by atoms with Crippen molar-refractivity contribution in [2.24, 2.45) is 4.99 Å². The number of aliphatic imine (C=N–C) groups is 1. The Bertz CT molecular complexity index is 1490. The number of fused-ring (bicyclic) bond motifs is 2. The highest BCUT2D eigenvalue weighted by atomic mass is 16.5. The molecule has 8 nitrogen and oxygen atoms in total. The van der Waals surface area contributed by atoms with Crippen molar-refractivity contribution in [1.82, 2.24) is 19.1 Å². The minimum atomic E-state index is -0.328. The van der Waals surface area contributed by atoms with E-state index >= 15 is 0 Å². The molecule has 1 N–H and O–H groups in total. The Morgan fingerprint density at radius 3 is 2.44 bits per heavy atom. The average molecular weight is 458 g/mol. The van der Waals surface area contributed by atoms with Crippen LogP contribution in [0.2, 0.25) is 0 Å². The highest BCUT2D eigenvalue weighted by Gasteiger charge is 2.18. The number of rotatable bonds is 8. The number of aromatic nitrogens is 4. The van der Waals surface area contributed by atoms with E-state index in [4.69, 9.17) is 4.74 Å². The molecular weight excluding hydrogens is 430 g/mol. The van der Waals surface area contributed by atoms with Crippen LogP contribution < -0.4 is 16.0 Å². The van der Waals surface area contributed by atoms with Crippen LogP contribution in [0.15, 0.2) is 63.1 Å². The molecule has 0 saturated carbocycles. The molecule has 0 fully saturated rings. The van der Waals surface area contributed by atoms with Crippen molar-refractivity contribution in [2.45, 2.75) is 46.2 Å². The van der Waals surface area contributed by atoms with Crippen LogP contribution >= 0.6 is 0 Å². The SMILES string of the molecule is CCCn1c(=O)c2[nH]c(-c3ccc(OCC4=Nc5ccccc5C4)cc3)nc2n(CCC)c1=O. The van der Waals surface area contributed by atoms with Crippen molar-refractivity contribution in [2.75, 3.05) is 6.61 Å². The first kappa shape index (κ1) is 21.9. The van der Waals surface area contributed by atoms with E-state index < -0.39 is 0 Å². The molecule has 0 saturated heterocycles. The zero-order valence-corrected chi connectivity index (χ0v) is 19.4. The van der Waals surface area contributed by atoms with Crippen molar-refractivity contribution in [1.29, 1.82) is 0 Å². The first-order valence-electron chi connectivity index (χ1n) is 11.7. The van der Waals surface area contributed by atoms with Gasteiger partial charge < -0.3 is 9.72 Å². The maximum atomic E-state index is 12.9. The number of para-hydroxylation sites is 1. The van der Waals surface area contributed by atoms with Crippen LogP contribution in [0, 0.1) is 0 Å². The number of imidazole rings is 1. The molecule has 0 bridgehead atoms. The fourth-order valence-electron chi connectivity index (χ4n) is 4.31. The molecule has 0 unspecified atom stereocenters. The second-order valence-corrected chi connectivity index (χ2v) is 8.47. The quantitative estimate of drug-likeness (QED) is 0.431. The van der Waals surface area contributed by atoms with Crippen molar-refractivity contribution in [3.05, 3.63) is 74.9 Å². The second kappa shape index (κ2) is 9.13. The van der Waals surface area contributed by atoms with Crippen LogP contribution in [0.25, 0.3) is 22.6 Å². The molecule has 8 heteroatoms. The third kappa shape index (κ3) is 3.96. The van der Waals surface area contributed by atoms with Gasteiger partial charge in [-0.25, -0.2) is 9.78 Å². The first-order chi connectivity index (χ1) is 16.6. The Morgan fingerprint density at radius 1 is 0.971 bits per heavy atom. The van der Waals surface area contributed by atoms with Gasteiger partial charge >= 0.3 is 5.69 Å². The largest absolute Gasteiger partial charge is 0.488 e. The van der Waals surface area contributed by atoms with E-state index in [0.29, 0.717) is 43.1 Å². The van der Waals surface area contributed by atoms with Gasteiger partial charge in [-0.1, -0.05) is 32.0 Å². The van der Waals surface area contributed by atoms with E-state index in [2.05, 4.69) is 21.0 Å². The second-order valence-electron chi connectivity index (χ2n) is 8.47. The van der Waals surface area contributed by atoms with Crippen LogP contribution in [0.1, 0.15) is 32.3 Å². The number of hydrogen-bond donors (Lipinski definition) is 1. The minimum absolute atomic E-state index is 0.306. The standard InChI is InChI=1S/C26H27N5O3/c1-3-13-30-24-22(25(32)31(14-4-2)26(30)33)28-23(29-24)17-9-11-20(12-10-17)34-16-19-15-18-7-5-6-8-21(18)27-19/h5-12H,3-4,13-16H2,1-2H3,(H,28,29). The van der Waals surface area contributed by atoms with Crippen molar-refractivity contribution in [3.63, 3.8) is 0 Å². The number of nitrogens with one attached hydrogen (secondary N) is 1. The highest BCUT2D eigenvalue weighted by molar-refractivity contribution is 5.95. The highest BCUT2D eigenvalue weighted by Crippen LogP contribution is 2.27. The average Bonchev–Trinajstić information content (AvgIpc) is 3.48. The first-order valence-corrected chi connectivity index (χ1v) is 11.7. The van der Waals surface area contributed by atoms with Crippen LogP contribution in [0.5, 0.6) is 5.75 Å². The van der Waals surface area contributed by atoms with E-state index in [9.17, 15) is 9.59 Å². The fourth-order valence-corrected chi connectivity index (χ4v) is 4.31. The van der Waals surface area contributed by atoms with Crippen molar-refractivity contribution < 1.29 is 4.74 Å². The lowest BCUT2D eigenvalue weighted by atomic mass is 10.1. The Balaban J connectivity index is 1.39. The molecule has 0 amide bonds. The maximum Gasteiger partial charge on any atom is 0.332 e. The zero-order chi connectivity index (χ0) is 23.7. The van der Waals surface area contributed by atoms with Gasteiger partial charge in [-0.3, -0.25) is 18.9 Å². The van der Waals surface area contributed by atoms with Crippen LogP contribution in [-0.2, 0) is 19.5 Å². The van der Waals surface area contributed by atoms with Gasteiger partial charge in [-0.05, 0) is 48.7 Å². The minimum Gasteiger partial charge on any atom is -0.488 e. The summed E-state index contributed by atoms with van der Waals surface area (Å²) in [7, 11) is 0. The fraction of sp³-hybridized carbons (Fsp3) is 0.308. The molecule has 1 aliphatic rings. The molecule has 2 aromatic carbocycles. The summed E-state index contributed by atoms with van der Waals surface area (Å²) in [5.74, 6) is 1.28. The predicted molar refractivity (Wildman–Crippen MR) is 133 cm³/mol. The molecule has 0 spiro atoms. The van der Waals surface area contributed by atoms with Gasteiger partial charge in [0.15, 0.2) is 5.65 Å². The van der Waals surface area contributed by atoms with Gasteiger partial charge in [-0.15, -0.1) is 0 Å². The third-order valence-corrected chi connectivity index (χ3v) is 5.95. The Labute approximate surface area is 196 Å². The summed E-state index contributed by atoms with van der Waals surface area (Å²) in [5.41, 5.74) is 4.17. The summed E-state index contributed by atoms with van der Waals surface area (Å²) in [4.78, 5) is 38.2.